The van der Waals surface area contributed by atoms with Gasteiger partial charge in [-0.3, -0.25) is 0 Å². The number of rotatable bonds is 3. The molecule has 0 unspecified atom stereocenters. The Morgan fingerprint density at radius 3 is 2.18 bits per heavy atom. The molecule has 1 heteroatoms. The first kappa shape index (κ1) is 8.76. The highest BCUT2D eigenvalue weighted by Crippen LogP contribution is 2.49. The molecule has 1 saturated carbocycles. The van der Waals surface area contributed by atoms with Crippen LogP contribution in [-0.2, 0) is 4.79 Å². The van der Waals surface area contributed by atoms with Crippen molar-refractivity contribution >= 4 is 6.29 Å². The Morgan fingerprint density at radius 1 is 1.36 bits per heavy atom. The van der Waals surface area contributed by atoms with E-state index in [-0.39, 0.29) is 5.41 Å². The molecule has 0 amide bonds. The van der Waals surface area contributed by atoms with E-state index in [4.69, 9.17) is 0 Å². The van der Waals surface area contributed by atoms with Gasteiger partial charge in [0.05, 0.1) is 0 Å². The molecule has 0 bridgehead atoms. The molecular weight excluding hydrogens is 136 g/mol. The van der Waals surface area contributed by atoms with E-state index in [1.54, 1.807) is 0 Å². The van der Waals surface area contributed by atoms with Crippen LogP contribution in [0, 0.1) is 10.8 Å². The lowest BCUT2D eigenvalue weighted by Gasteiger charge is -2.19. The summed E-state index contributed by atoms with van der Waals surface area (Å²) >= 11 is 0. The predicted octanol–water partition coefficient (Wildman–Crippen LogP) is 2.79. The van der Waals surface area contributed by atoms with Crippen molar-refractivity contribution in [2.24, 2.45) is 10.8 Å². The van der Waals surface area contributed by atoms with Gasteiger partial charge in [0.25, 0.3) is 0 Å². The lowest BCUT2D eigenvalue weighted by Crippen LogP contribution is -2.10. The Hall–Kier alpha value is -0.330. The van der Waals surface area contributed by atoms with Crippen LogP contribution in [0.25, 0.3) is 0 Å². The minimum absolute atomic E-state index is 0.118. The number of aldehydes is 1. The average Bonchev–Trinajstić information content (AvgIpc) is 2.63. The van der Waals surface area contributed by atoms with Crippen LogP contribution in [0.2, 0.25) is 0 Å². The van der Waals surface area contributed by atoms with E-state index < -0.39 is 0 Å². The van der Waals surface area contributed by atoms with Crippen molar-refractivity contribution in [2.75, 3.05) is 0 Å². The molecule has 1 nitrogen and oxygen atoms in total. The van der Waals surface area contributed by atoms with Crippen LogP contribution in [0.5, 0.6) is 0 Å². The third-order valence-electron chi connectivity index (χ3n) is 2.52. The van der Waals surface area contributed by atoms with Gasteiger partial charge in [-0.15, -0.1) is 0 Å². The number of hydrogen-bond acceptors (Lipinski definition) is 1. The zero-order valence-corrected chi connectivity index (χ0v) is 7.81. The number of hydrogen-bond donors (Lipinski definition) is 0. The maximum atomic E-state index is 10.6. The van der Waals surface area contributed by atoms with E-state index in [0.717, 1.165) is 19.3 Å². The summed E-state index contributed by atoms with van der Waals surface area (Å²) in [5.41, 5.74) is 0.506. The zero-order valence-electron chi connectivity index (χ0n) is 7.81. The standard InChI is InChI=1S/C10H18O/c1-9(2,3)4-5-10(8-11)6-7-10/h8H,4-7H2,1-3H3. The van der Waals surface area contributed by atoms with Gasteiger partial charge >= 0.3 is 0 Å². The summed E-state index contributed by atoms with van der Waals surface area (Å²) in [6.45, 7) is 6.69. The fourth-order valence-electron chi connectivity index (χ4n) is 1.21. The van der Waals surface area contributed by atoms with E-state index in [2.05, 4.69) is 20.8 Å². The number of carbonyl (C=O) groups is 1. The van der Waals surface area contributed by atoms with E-state index in [9.17, 15) is 4.79 Å². The highest BCUT2D eigenvalue weighted by molar-refractivity contribution is 5.63. The topological polar surface area (TPSA) is 17.1 Å². The molecule has 1 aliphatic rings. The molecular formula is C10H18O. The van der Waals surface area contributed by atoms with Gasteiger partial charge in [-0.25, -0.2) is 0 Å². The summed E-state index contributed by atoms with van der Waals surface area (Å²) in [5.74, 6) is 0. The van der Waals surface area contributed by atoms with Crippen LogP contribution in [0.4, 0.5) is 0 Å². The molecule has 0 spiro atoms. The van der Waals surface area contributed by atoms with E-state index in [1.165, 1.54) is 12.7 Å². The van der Waals surface area contributed by atoms with E-state index >= 15 is 0 Å². The monoisotopic (exact) mass is 154 g/mol. The summed E-state index contributed by atoms with van der Waals surface area (Å²) in [5, 5.41) is 0. The molecule has 0 saturated heterocycles. The highest BCUT2D eigenvalue weighted by atomic mass is 16.1. The summed E-state index contributed by atoms with van der Waals surface area (Å²) < 4.78 is 0. The molecule has 0 radical (unpaired) electrons. The van der Waals surface area contributed by atoms with Crippen LogP contribution in [0.3, 0.4) is 0 Å². The van der Waals surface area contributed by atoms with Gasteiger partial charge in [-0.05, 0) is 31.1 Å². The molecule has 0 aliphatic heterocycles. The van der Waals surface area contributed by atoms with Gasteiger partial charge in [0.2, 0.25) is 0 Å². The largest absolute Gasteiger partial charge is 0.303 e. The lowest BCUT2D eigenvalue weighted by molar-refractivity contribution is -0.112. The second-order valence-electron chi connectivity index (χ2n) is 5.04. The van der Waals surface area contributed by atoms with Gasteiger partial charge in [0.1, 0.15) is 6.29 Å². The third-order valence-corrected chi connectivity index (χ3v) is 2.52. The zero-order chi connectivity index (χ0) is 8.54. The van der Waals surface area contributed by atoms with Crippen LogP contribution in [0.1, 0.15) is 46.5 Å². The Balaban J connectivity index is 2.27. The molecule has 1 rings (SSSR count). The van der Waals surface area contributed by atoms with Crippen LogP contribution in [0.15, 0.2) is 0 Å². The van der Waals surface area contributed by atoms with Crippen LogP contribution < -0.4 is 0 Å². The third kappa shape index (κ3) is 2.64. The lowest BCUT2D eigenvalue weighted by atomic mass is 9.86. The van der Waals surface area contributed by atoms with Crippen LogP contribution >= 0.6 is 0 Å². The highest BCUT2D eigenvalue weighted by Gasteiger charge is 2.42. The fourth-order valence-corrected chi connectivity index (χ4v) is 1.21. The molecule has 0 aromatic rings. The van der Waals surface area contributed by atoms with Crippen molar-refractivity contribution in [1.29, 1.82) is 0 Å². The van der Waals surface area contributed by atoms with Crippen molar-refractivity contribution in [1.82, 2.24) is 0 Å². The average molecular weight is 154 g/mol. The van der Waals surface area contributed by atoms with Crippen molar-refractivity contribution in [3.05, 3.63) is 0 Å². The Labute approximate surface area is 69.2 Å². The Bertz CT molecular complexity index is 149. The molecule has 0 aromatic carbocycles. The van der Waals surface area contributed by atoms with Gasteiger partial charge < -0.3 is 4.79 Å². The maximum Gasteiger partial charge on any atom is 0.126 e. The van der Waals surface area contributed by atoms with Crippen molar-refractivity contribution in [2.45, 2.75) is 46.5 Å². The summed E-state index contributed by atoms with van der Waals surface area (Å²) in [6, 6.07) is 0. The van der Waals surface area contributed by atoms with Gasteiger partial charge in [0.15, 0.2) is 0 Å². The van der Waals surface area contributed by atoms with E-state index in [1.807, 2.05) is 0 Å². The molecule has 1 aliphatic carbocycles. The first-order valence-corrected chi connectivity index (χ1v) is 4.44. The summed E-state index contributed by atoms with van der Waals surface area (Å²) in [6.07, 6.45) is 5.70. The molecule has 0 heterocycles. The minimum Gasteiger partial charge on any atom is -0.303 e. The van der Waals surface area contributed by atoms with Crippen molar-refractivity contribution < 1.29 is 4.79 Å². The van der Waals surface area contributed by atoms with Crippen LogP contribution in [-0.4, -0.2) is 6.29 Å². The van der Waals surface area contributed by atoms with Gasteiger partial charge in [0, 0.05) is 5.41 Å². The normalized spacial score (nSPS) is 21.4. The Kier molecular flexibility index (Phi) is 2.08. The predicted molar refractivity (Wildman–Crippen MR) is 46.4 cm³/mol. The minimum atomic E-state index is 0.118. The number of carbonyl (C=O) groups excluding carboxylic acids is 1. The molecule has 64 valence electrons. The molecule has 11 heavy (non-hydrogen) atoms. The molecule has 0 aromatic heterocycles. The molecule has 1 fully saturated rings. The molecule has 0 N–H and O–H groups in total. The second kappa shape index (κ2) is 2.62. The summed E-state index contributed by atoms with van der Waals surface area (Å²) in [4.78, 5) is 10.6. The first-order chi connectivity index (χ1) is 4.97. The fraction of sp³-hybridized carbons (Fsp3) is 0.900. The second-order valence-corrected chi connectivity index (χ2v) is 5.04. The molecule has 0 atom stereocenters. The maximum absolute atomic E-state index is 10.6. The summed E-state index contributed by atoms with van der Waals surface area (Å²) in [7, 11) is 0. The van der Waals surface area contributed by atoms with Gasteiger partial charge in [-0.2, -0.15) is 0 Å². The van der Waals surface area contributed by atoms with Gasteiger partial charge in [-0.1, -0.05) is 20.8 Å². The van der Waals surface area contributed by atoms with E-state index in [0.29, 0.717) is 5.41 Å². The smallest absolute Gasteiger partial charge is 0.126 e. The SMILES string of the molecule is CC(C)(C)CCC1(C=O)CC1. The van der Waals surface area contributed by atoms with Crippen molar-refractivity contribution in [3.63, 3.8) is 0 Å². The Morgan fingerprint density at radius 2 is 1.91 bits per heavy atom. The quantitative estimate of drug-likeness (QED) is 0.571. The van der Waals surface area contributed by atoms with Crippen molar-refractivity contribution in [3.8, 4) is 0 Å². The first-order valence-electron chi connectivity index (χ1n) is 4.44.